The van der Waals surface area contributed by atoms with Crippen LogP contribution in [0.2, 0.25) is 0 Å². The molecule has 4 saturated heterocycles. The number of anilines is 3. The zero-order valence-corrected chi connectivity index (χ0v) is 35.1. The molecule has 15 nitrogen and oxygen atoms in total. The van der Waals surface area contributed by atoms with E-state index in [0.29, 0.717) is 60.1 Å². The molecule has 1 N–H and O–H groups in total. The van der Waals surface area contributed by atoms with E-state index < -0.39 is 23.9 Å². The summed E-state index contributed by atoms with van der Waals surface area (Å²) in [6.07, 6.45) is 1.28. The van der Waals surface area contributed by atoms with Crippen molar-refractivity contribution in [3.8, 4) is 29.0 Å². The fraction of sp³-hybridized carbons (Fsp3) is 0.362. The molecule has 3 amide bonds. The maximum absolute atomic E-state index is 15.1. The second-order valence-electron chi connectivity index (χ2n) is 17.1. The average Bonchev–Trinajstić information content (AvgIpc) is 3.87. The van der Waals surface area contributed by atoms with Gasteiger partial charge in [0, 0.05) is 95.2 Å². The van der Waals surface area contributed by atoms with Crippen molar-refractivity contribution in [2.24, 2.45) is 5.92 Å². The lowest BCUT2D eigenvalue weighted by molar-refractivity contribution is -0.136. The number of hydrogen-bond acceptors (Lipinski definition) is 12. The summed E-state index contributed by atoms with van der Waals surface area (Å²) in [6.45, 7) is 7.04. The van der Waals surface area contributed by atoms with Crippen molar-refractivity contribution >= 4 is 45.7 Å². The summed E-state index contributed by atoms with van der Waals surface area (Å²) in [5, 5.41) is 12.6. The van der Waals surface area contributed by atoms with E-state index in [1.807, 2.05) is 42.5 Å². The number of amides is 3. The smallest absolute Gasteiger partial charge is 0.265 e. The van der Waals surface area contributed by atoms with E-state index in [1.54, 1.807) is 29.0 Å². The molecule has 0 saturated carbocycles. The number of rotatable bonds is 10. The van der Waals surface area contributed by atoms with E-state index in [2.05, 4.69) is 25.0 Å². The number of benzene rings is 4. The molecule has 5 aliphatic heterocycles. The summed E-state index contributed by atoms with van der Waals surface area (Å²) in [6, 6.07) is 20.4. The first-order valence-corrected chi connectivity index (χ1v) is 21.5. The molecule has 2 atom stereocenters. The normalized spacial score (nSPS) is 20.4. The predicted molar refractivity (Wildman–Crippen MR) is 234 cm³/mol. The number of fused-ring (bicyclic) bond motifs is 2. The van der Waals surface area contributed by atoms with Gasteiger partial charge in [-0.1, -0.05) is 0 Å². The lowest BCUT2D eigenvalue weighted by Gasteiger charge is -2.45. The first kappa shape index (κ1) is 41.0. The van der Waals surface area contributed by atoms with Crippen LogP contribution in [0.4, 0.5) is 25.8 Å². The largest absolute Gasteiger partial charge is 0.496 e. The molecule has 4 fully saturated rings. The Balaban J connectivity index is 0.749. The van der Waals surface area contributed by atoms with Crippen LogP contribution in [-0.4, -0.2) is 115 Å². The van der Waals surface area contributed by atoms with Crippen molar-refractivity contribution < 1.29 is 32.6 Å². The van der Waals surface area contributed by atoms with Crippen LogP contribution in [0.1, 0.15) is 40.7 Å². The molecule has 5 aromatic rings. The third-order valence-electron chi connectivity index (χ3n) is 13.1. The number of piperazine rings is 1. The second-order valence-corrected chi connectivity index (χ2v) is 17.1. The van der Waals surface area contributed by atoms with E-state index in [1.165, 1.54) is 29.1 Å². The number of halogens is 2. The van der Waals surface area contributed by atoms with Crippen molar-refractivity contribution in [2.75, 3.05) is 80.7 Å². The van der Waals surface area contributed by atoms with Gasteiger partial charge in [-0.3, -0.25) is 34.0 Å². The Morgan fingerprint density at radius 1 is 0.859 bits per heavy atom. The Hall–Kier alpha value is -7.06. The molecular weight excluding hydrogens is 825 g/mol. The molecule has 328 valence electrons. The number of hydrogen-bond donors (Lipinski definition) is 1. The van der Waals surface area contributed by atoms with E-state index in [0.717, 1.165) is 62.8 Å². The molecule has 4 aromatic carbocycles. The maximum Gasteiger partial charge on any atom is 0.265 e. The van der Waals surface area contributed by atoms with Crippen molar-refractivity contribution in [3.63, 3.8) is 0 Å². The number of imide groups is 1. The molecule has 0 spiro atoms. The minimum atomic E-state index is -1.03. The molecule has 1 aromatic heterocycles. The summed E-state index contributed by atoms with van der Waals surface area (Å²) in [5.41, 5.74) is 4.42. The Morgan fingerprint density at radius 3 is 2.36 bits per heavy atom. The standard InChI is InChI=1S/C47H45F2N9O6/c1-63-41-19-33(18-29-25-57(47(62)43(29)41)40-10-11-42(59)52-45(40)60)56-23-28(24-56)22-53-14-16-54(17-15-53)31-2-4-32(5-3-31)58-27-51-38-8-6-34(20-35(38)46(58)61)64-44-36(21-50)39(9-7-37(44)49)55-13-12-30(48)26-55/h2-9,18-20,27-28,30,40H,10-17,22-26H2,1H3,(H,52,59,60)/t30-,40+/m1/s1. The van der Waals surface area contributed by atoms with Crippen LogP contribution in [0, 0.1) is 23.1 Å². The van der Waals surface area contributed by atoms with Gasteiger partial charge in [0.05, 0.1) is 35.0 Å². The third-order valence-corrected chi connectivity index (χ3v) is 13.1. The Labute approximate surface area is 367 Å². The highest BCUT2D eigenvalue weighted by Gasteiger charge is 2.41. The quantitative estimate of drug-likeness (QED) is 0.192. The van der Waals surface area contributed by atoms with E-state index in [4.69, 9.17) is 9.47 Å². The van der Waals surface area contributed by atoms with Gasteiger partial charge in [-0.15, -0.1) is 0 Å². The number of nitrogens with one attached hydrogen (secondary N) is 1. The molecule has 17 heteroatoms. The van der Waals surface area contributed by atoms with Gasteiger partial charge in [-0.05, 0) is 79.1 Å². The maximum atomic E-state index is 15.1. The van der Waals surface area contributed by atoms with Gasteiger partial charge >= 0.3 is 0 Å². The summed E-state index contributed by atoms with van der Waals surface area (Å²) < 4.78 is 42.1. The fourth-order valence-corrected chi connectivity index (χ4v) is 9.69. The van der Waals surface area contributed by atoms with Crippen molar-refractivity contribution in [1.82, 2.24) is 24.7 Å². The highest BCUT2D eigenvalue weighted by atomic mass is 19.1. The van der Waals surface area contributed by atoms with E-state index in [-0.39, 0.29) is 52.8 Å². The van der Waals surface area contributed by atoms with Gasteiger partial charge in [-0.25, -0.2) is 13.8 Å². The highest BCUT2D eigenvalue weighted by Crippen LogP contribution is 2.40. The highest BCUT2D eigenvalue weighted by molar-refractivity contribution is 6.07. The molecule has 0 radical (unpaired) electrons. The summed E-state index contributed by atoms with van der Waals surface area (Å²) in [5.74, 6) is -0.899. The summed E-state index contributed by atoms with van der Waals surface area (Å²) in [7, 11) is 1.55. The zero-order valence-electron chi connectivity index (χ0n) is 35.1. The number of aromatic nitrogens is 2. The number of alkyl halides is 1. The van der Waals surface area contributed by atoms with Gasteiger partial charge in [0.15, 0.2) is 11.6 Å². The van der Waals surface area contributed by atoms with Crippen LogP contribution in [0.5, 0.6) is 17.2 Å². The lowest BCUT2D eigenvalue weighted by atomic mass is 9.96. The van der Waals surface area contributed by atoms with Gasteiger partial charge < -0.3 is 29.1 Å². The number of carbonyl (C=O) groups excluding carboxylic acids is 3. The molecular formula is C47H45F2N9O6. The van der Waals surface area contributed by atoms with E-state index >= 15 is 4.39 Å². The van der Waals surface area contributed by atoms with E-state index in [9.17, 15) is 28.8 Å². The molecule has 0 unspecified atom stereocenters. The molecule has 64 heavy (non-hydrogen) atoms. The van der Waals surface area contributed by atoms with Gasteiger partial charge in [0.1, 0.15) is 41.7 Å². The molecule has 5 aliphatic rings. The van der Waals surface area contributed by atoms with Crippen molar-refractivity contribution in [3.05, 3.63) is 106 Å². The minimum absolute atomic E-state index is 0.0388. The number of nitrogens with zero attached hydrogens (tertiary/aromatic N) is 8. The van der Waals surface area contributed by atoms with Gasteiger partial charge in [0.2, 0.25) is 11.8 Å². The number of carbonyl (C=O) groups is 3. The predicted octanol–water partition coefficient (Wildman–Crippen LogP) is 4.76. The molecule has 6 heterocycles. The first-order chi connectivity index (χ1) is 31.0. The van der Waals surface area contributed by atoms with Crippen LogP contribution in [-0.2, 0) is 16.1 Å². The minimum Gasteiger partial charge on any atom is -0.496 e. The van der Waals surface area contributed by atoms with Crippen LogP contribution >= 0.6 is 0 Å². The molecule has 0 bridgehead atoms. The zero-order chi connectivity index (χ0) is 44.2. The second kappa shape index (κ2) is 16.6. The first-order valence-electron chi connectivity index (χ1n) is 21.5. The fourth-order valence-electron chi connectivity index (χ4n) is 9.69. The van der Waals surface area contributed by atoms with Gasteiger partial charge in [0.25, 0.3) is 11.5 Å². The number of methoxy groups -OCH3 is 1. The lowest BCUT2D eigenvalue weighted by Crippen LogP contribution is -2.55. The molecule has 0 aliphatic carbocycles. The number of nitriles is 1. The Bertz CT molecular complexity index is 2800. The van der Waals surface area contributed by atoms with Crippen molar-refractivity contribution in [2.45, 2.75) is 38.0 Å². The van der Waals surface area contributed by atoms with Crippen LogP contribution in [0.3, 0.4) is 0 Å². The topological polar surface area (TPSA) is 157 Å². The van der Waals surface area contributed by atoms with Crippen LogP contribution in [0.15, 0.2) is 77.9 Å². The SMILES string of the molecule is COc1cc(N2CC(CN3CCN(c4ccc(-n5cnc6ccc(Oc7c(F)ccc(N8CC[C@@H](F)C8)c7C#N)cc6c5=O)cc4)CC3)C2)cc2c1C(=O)N([C@H]1CCC(=O)NC1=O)C2. The Kier molecular flexibility index (Phi) is 10.6. The summed E-state index contributed by atoms with van der Waals surface area (Å²) in [4.78, 5) is 66.4. The summed E-state index contributed by atoms with van der Waals surface area (Å²) >= 11 is 0. The van der Waals surface area contributed by atoms with Gasteiger partial charge in [-0.2, -0.15) is 5.26 Å². The Morgan fingerprint density at radius 2 is 1.64 bits per heavy atom. The van der Waals surface area contributed by atoms with Crippen molar-refractivity contribution in [1.29, 1.82) is 5.26 Å². The van der Waals surface area contributed by atoms with Crippen LogP contribution < -0.4 is 35.0 Å². The monoisotopic (exact) mass is 869 g/mol. The molecule has 10 rings (SSSR count). The number of ether oxygens (including phenoxy) is 2. The average molecular weight is 870 g/mol. The number of piperidine rings is 1. The third kappa shape index (κ3) is 7.51. The van der Waals surface area contributed by atoms with Crippen LogP contribution in [0.25, 0.3) is 16.6 Å².